The summed E-state index contributed by atoms with van der Waals surface area (Å²) in [5, 5.41) is 13.3. The van der Waals surface area contributed by atoms with Gasteiger partial charge in [-0.3, -0.25) is 0 Å². The number of nitrogens with two attached hydrogens (primary N) is 1. The van der Waals surface area contributed by atoms with Gasteiger partial charge in [-0.1, -0.05) is 12.1 Å². The second-order valence-corrected chi connectivity index (χ2v) is 4.63. The minimum absolute atomic E-state index is 0.255. The highest BCUT2D eigenvalue weighted by atomic mass is 16.7. The molecule has 0 spiro atoms. The Kier molecular flexibility index (Phi) is 3.35. The number of anilines is 2. The number of ether oxygens (including phenoxy) is 2. The average Bonchev–Trinajstić information content (AvgIpc) is 2.92. The first-order chi connectivity index (χ1) is 9.72. The molecule has 0 saturated heterocycles. The van der Waals surface area contributed by atoms with Crippen molar-refractivity contribution >= 4 is 11.4 Å². The van der Waals surface area contributed by atoms with Gasteiger partial charge < -0.3 is 25.6 Å². The molecule has 1 aliphatic rings. The fourth-order valence-electron chi connectivity index (χ4n) is 2.11. The van der Waals surface area contributed by atoms with E-state index in [0.29, 0.717) is 18.0 Å². The van der Waals surface area contributed by atoms with Crippen molar-refractivity contribution in [2.24, 2.45) is 0 Å². The highest BCUT2D eigenvalue weighted by Crippen LogP contribution is 2.34. The van der Waals surface area contributed by atoms with Crippen LogP contribution in [0.4, 0.5) is 11.4 Å². The maximum Gasteiger partial charge on any atom is 0.231 e. The molecule has 0 aromatic heterocycles. The predicted octanol–water partition coefficient (Wildman–Crippen LogP) is 2.14. The molecule has 1 aliphatic heterocycles. The van der Waals surface area contributed by atoms with Crippen molar-refractivity contribution in [1.29, 1.82) is 0 Å². The van der Waals surface area contributed by atoms with Crippen LogP contribution in [0.1, 0.15) is 11.7 Å². The van der Waals surface area contributed by atoms with E-state index in [2.05, 4.69) is 5.32 Å². The minimum atomic E-state index is -0.621. The summed E-state index contributed by atoms with van der Waals surface area (Å²) in [6.45, 7) is 0.647. The lowest BCUT2D eigenvalue weighted by molar-refractivity contribution is 0.174. The molecule has 5 heteroatoms. The molecule has 0 amide bonds. The molecule has 0 bridgehead atoms. The zero-order valence-electron chi connectivity index (χ0n) is 10.9. The van der Waals surface area contributed by atoms with E-state index in [9.17, 15) is 5.11 Å². The van der Waals surface area contributed by atoms with Gasteiger partial charge in [0.25, 0.3) is 0 Å². The quantitative estimate of drug-likeness (QED) is 0.743. The summed E-state index contributed by atoms with van der Waals surface area (Å²) in [4.78, 5) is 0. The van der Waals surface area contributed by atoms with Crippen LogP contribution in [0.2, 0.25) is 0 Å². The SMILES string of the molecule is Nc1cccc(C(O)CNc2ccc3c(c2)OCO3)c1. The number of fused-ring (bicyclic) bond motifs is 1. The Morgan fingerprint density at radius 2 is 2.00 bits per heavy atom. The van der Waals surface area contributed by atoms with E-state index in [1.54, 1.807) is 12.1 Å². The molecule has 0 fully saturated rings. The van der Waals surface area contributed by atoms with Gasteiger partial charge in [-0.2, -0.15) is 0 Å². The lowest BCUT2D eigenvalue weighted by Crippen LogP contribution is -2.12. The van der Waals surface area contributed by atoms with Crippen molar-refractivity contribution in [3.63, 3.8) is 0 Å². The molecule has 104 valence electrons. The van der Waals surface area contributed by atoms with E-state index in [-0.39, 0.29) is 6.79 Å². The zero-order valence-corrected chi connectivity index (χ0v) is 10.9. The largest absolute Gasteiger partial charge is 0.454 e. The number of hydrogen-bond acceptors (Lipinski definition) is 5. The lowest BCUT2D eigenvalue weighted by atomic mass is 10.1. The van der Waals surface area contributed by atoms with Gasteiger partial charge in [-0.15, -0.1) is 0 Å². The van der Waals surface area contributed by atoms with Crippen molar-refractivity contribution < 1.29 is 14.6 Å². The number of nitrogens with one attached hydrogen (secondary N) is 1. The number of benzene rings is 2. The van der Waals surface area contributed by atoms with Gasteiger partial charge in [0.05, 0.1) is 6.10 Å². The van der Waals surface area contributed by atoms with Crippen molar-refractivity contribution in [3.05, 3.63) is 48.0 Å². The normalized spacial score (nSPS) is 14.1. The van der Waals surface area contributed by atoms with E-state index < -0.39 is 6.10 Å². The Bertz CT molecular complexity index is 616. The highest BCUT2D eigenvalue weighted by molar-refractivity contribution is 5.55. The second kappa shape index (κ2) is 5.30. The summed E-state index contributed by atoms with van der Waals surface area (Å²) in [5.41, 5.74) is 8.01. The second-order valence-electron chi connectivity index (χ2n) is 4.63. The molecule has 4 N–H and O–H groups in total. The first-order valence-electron chi connectivity index (χ1n) is 6.39. The molecule has 1 unspecified atom stereocenters. The Hall–Kier alpha value is -2.40. The first-order valence-corrected chi connectivity index (χ1v) is 6.39. The fourth-order valence-corrected chi connectivity index (χ4v) is 2.11. The minimum Gasteiger partial charge on any atom is -0.454 e. The van der Waals surface area contributed by atoms with Gasteiger partial charge >= 0.3 is 0 Å². The average molecular weight is 272 g/mol. The molecule has 3 rings (SSSR count). The summed E-state index contributed by atoms with van der Waals surface area (Å²) in [7, 11) is 0. The smallest absolute Gasteiger partial charge is 0.231 e. The summed E-state index contributed by atoms with van der Waals surface area (Å²) in [6.07, 6.45) is -0.621. The monoisotopic (exact) mass is 272 g/mol. The van der Waals surface area contributed by atoms with Gasteiger partial charge in [0, 0.05) is 24.0 Å². The summed E-state index contributed by atoms with van der Waals surface area (Å²) in [5.74, 6) is 1.46. The number of aliphatic hydroxyl groups excluding tert-OH is 1. The van der Waals surface area contributed by atoms with Crippen molar-refractivity contribution in [2.45, 2.75) is 6.10 Å². The van der Waals surface area contributed by atoms with Crippen molar-refractivity contribution in [1.82, 2.24) is 0 Å². The van der Waals surface area contributed by atoms with Gasteiger partial charge in [0.15, 0.2) is 11.5 Å². The van der Waals surface area contributed by atoms with Crippen molar-refractivity contribution in [2.75, 3.05) is 24.4 Å². The number of aliphatic hydroxyl groups is 1. The summed E-state index contributed by atoms with van der Waals surface area (Å²) in [6, 6.07) is 12.8. The third-order valence-electron chi connectivity index (χ3n) is 3.17. The summed E-state index contributed by atoms with van der Waals surface area (Å²) >= 11 is 0. The zero-order chi connectivity index (χ0) is 13.9. The third kappa shape index (κ3) is 2.62. The van der Waals surface area contributed by atoms with Gasteiger partial charge in [0.2, 0.25) is 6.79 Å². The Morgan fingerprint density at radius 3 is 2.85 bits per heavy atom. The van der Waals surface area contributed by atoms with Crippen molar-refractivity contribution in [3.8, 4) is 11.5 Å². The molecule has 1 heterocycles. The standard InChI is InChI=1S/C15H16N2O3/c16-11-3-1-2-10(6-11)13(18)8-17-12-4-5-14-15(7-12)20-9-19-14/h1-7,13,17-18H,8-9,16H2. The first kappa shape index (κ1) is 12.6. The van der Waals surface area contributed by atoms with Crippen LogP contribution in [0, 0.1) is 0 Å². The maximum atomic E-state index is 10.1. The number of nitrogen functional groups attached to an aromatic ring is 1. The topological polar surface area (TPSA) is 76.7 Å². The van der Waals surface area contributed by atoms with E-state index >= 15 is 0 Å². The van der Waals surface area contributed by atoms with Crippen LogP contribution in [0.3, 0.4) is 0 Å². The van der Waals surface area contributed by atoms with Crippen LogP contribution in [0.5, 0.6) is 11.5 Å². The summed E-state index contributed by atoms with van der Waals surface area (Å²) < 4.78 is 10.6. The third-order valence-corrected chi connectivity index (χ3v) is 3.17. The van der Waals surface area contributed by atoms with Crippen LogP contribution >= 0.6 is 0 Å². The predicted molar refractivity (Wildman–Crippen MR) is 76.9 cm³/mol. The fraction of sp³-hybridized carbons (Fsp3) is 0.200. The molecule has 5 nitrogen and oxygen atoms in total. The molecule has 2 aromatic rings. The van der Waals surface area contributed by atoms with Crippen LogP contribution in [-0.2, 0) is 0 Å². The van der Waals surface area contributed by atoms with Crippen LogP contribution < -0.4 is 20.5 Å². The van der Waals surface area contributed by atoms with Crippen LogP contribution in [0.15, 0.2) is 42.5 Å². The molecule has 0 saturated carbocycles. The molecule has 0 radical (unpaired) electrons. The van der Waals surface area contributed by atoms with E-state index in [1.165, 1.54) is 0 Å². The molecule has 1 atom stereocenters. The number of hydrogen-bond donors (Lipinski definition) is 3. The maximum absolute atomic E-state index is 10.1. The molecule has 20 heavy (non-hydrogen) atoms. The molecule has 0 aliphatic carbocycles. The Morgan fingerprint density at radius 1 is 1.15 bits per heavy atom. The van der Waals surface area contributed by atoms with Crippen LogP contribution in [0.25, 0.3) is 0 Å². The molecular weight excluding hydrogens is 256 g/mol. The van der Waals surface area contributed by atoms with Gasteiger partial charge in [0.1, 0.15) is 0 Å². The molecule has 2 aromatic carbocycles. The lowest BCUT2D eigenvalue weighted by Gasteiger charge is -2.14. The highest BCUT2D eigenvalue weighted by Gasteiger charge is 2.14. The van der Waals surface area contributed by atoms with Gasteiger partial charge in [-0.05, 0) is 29.8 Å². The van der Waals surface area contributed by atoms with Crippen LogP contribution in [-0.4, -0.2) is 18.4 Å². The van der Waals surface area contributed by atoms with E-state index in [4.69, 9.17) is 15.2 Å². The van der Waals surface area contributed by atoms with E-state index in [1.807, 2.05) is 30.3 Å². The number of rotatable bonds is 4. The van der Waals surface area contributed by atoms with Gasteiger partial charge in [-0.25, -0.2) is 0 Å². The molecular formula is C15H16N2O3. The Labute approximate surface area is 116 Å². The Balaban J connectivity index is 1.64. The van der Waals surface area contributed by atoms with E-state index in [0.717, 1.165) is 17.0 Å².